The van der Waals surface area contributed by atoms with E-state index in [4.69, 9.17) is 0 Å². The molecule has 0 unspecified atom stereocenters. The van der Waals surface area contributed by atoms with Gasteiger partial charge >= 0.3 is 0 Å². The van der Waals surface area contributed by atoms with Crippen LogP contribution in [0.1, 0.15) is 6.42 Å². The molecular weight excluding hydrogens is 259 g/mol. The van der Waals surface area contributed by atoms with Crippen molar-refractivity contribution < 1.29 is 13.2 Å². The Bertz CT molecular complexity index is 294. The number of nitrogens with one attached hydrogen (secondary N) is 1. The minimum atomic E-state index is -0.685. The maximum absolute atomic E-state index is 13.1. The van der Waals surface area contributed by atoms with Gasteiger partial charge in [0.05, 0.1) is 6.67 Å². The van der Waals surface area contributed by atoms with Gasteiger partial charge < -0.3 is 5.32 Å². The molecule has 1 rings (SSSR count). The predicted octanol–water partition coefficient (Wildman–Crippen LogP) is 3.50. The SMILES string of the molecule is FCCCNc1c(F)cc(Br)cc1F. The van der Waals surface area contributed by atoms with Crippen LogP contribution in [0.25, 0.3) is 0 Å². The largest absolute Gasteiger partial charge is 0.380 e. The third-order valence-electron chi connectivity index (χ3n) is 1.62. The molecule has 0 aromatic heterocycles. The summed E-state index contributed by atoms with van der Waals surface area (Å²) in [4.78, 5) is 0. The summed E-state index contributed by atoms with van der Waals surface area (Å²) in [6.07, 6.45) is 0.231. The standard InChI is InChI=1S/C9H9BrF3N/c10-6-4-7(12)9(8(13)5-6)14-3-1-2-11/h4-5,14H,1-3H2. The van der Waals surface area contributed by atoms with Crippen molar-refractivity contribution in [2.45, 2.75) is 6.42 Å². The summed E-state index contributed by atoms with van der Waals surface area (Å²) in [5.74, 6) is -1.37. The van der Waals surface area contributed by atoms with Crippen molar-refractivity contribution in [1.29, 1.82) is 0 Å². The zero-order valence-corrected chi connectivity index (χ0v) is 8.87. The van der Waals surface area contributed by atoms with Gasteiger partial charge in [0.15, 0.2) is 0 Å². The van der Waals surface area contributed by atoms with Gasteiger partial charge in [0, 0.05) is 11.0 Å². The van der Waals surface area contributed by atoms with Crippen molar-refractivity contribution in [1.82, 2.24) is 0 Å². The molecular formula is C9H9BrF3N. The summed E-state index contributed by atoms with van der Waals surface area (Å²) in [5, 5.41) is 2.50. The summed E-state index contributed by atoms with van der Waals surface area (Å²) in [7, 11) is 0. The number of benzene rings is 1. The Morgan fingerprint density at radius 1 is 1.21 bits per heavy atom. The Kier molecular flexibility index (Phi) is 4.25. The van der Waals surface area contributed by atoms with E-state index in [1.54, 1.807) is 0 Å². The molecule has 0 aliphatic heterocycles. The smallest absolute Gasteiger partial charge is 0.150 e. The van der Waals surface area contributed by atoms with Gasteiger partial charge in [-0.3, -0.25) is 4.39 Å². The molecule has 0 spiro atoms. The molecule has 0 saturated heterocycles. The van der Waals surface area contributed by atoms with Crippen LogP contribution in [0.15, 0.2) is 16.6 Å². The highest BCUT2D eigenvalue weighted by Gasteiger charge is 2.09. The van der Waals surface area contributed by atoms with E-state index in [9.17, 15) is 13.2 Å². The third-order valence-corrected chi connectivity index (χ3v) is 2.08. The Hall–Kier alpha value is -0.710. The molecule has 14 heavy (non-hydrogen) atoms. The van der Waals surface area contributed by atoms with E-state index in [0.29, 0.717) is 4.47 Å². The second-order valence-corrected chi connectivity index (χ2v) is 3.63. The van der Waals surface area contributed by atoms with Crippen LogP contribution in [-0.4, -0.2) is 13.2 Å². The highest BCUT2D eigenvalue weighted by atomic mass is 79.9. The molecule has 0 aliphatic rings. The monoisotopic (exact) mass is 267 g/mol. The summed E-state index contributed by atoms with van der Waals surface area (Å²) in [6.45, 7) is -0.293. The van der Waals surface area contributed by atoms with Crippen molar-refractivity contribution in [3.63, 3.8) is 0 Å². The highest BCUT2D eigenvalue weighted by Crippen LogP contribution is 2.23. The normalized spacial score (nSPS) is 10.3. The first-order chi connectivity index (χ1) is 6.65. The Morgan fingerprint density at radius 3 is 2.29 bits per heavy atom. The lowest BCUT2D eigenvalue weighted by molar-refractivity contribution is 0.480. The first-order valence-electron chi connectivity index (χ1n) is 4.09. The van der Waals surface area contributed by atoms with Gasteiger partial charge in [0.25, 0.3) is 0 Å². The number of alkyl halides is 1. The minimum absolute atomic E-state index is 0.207. The van der Waals surface area contributed by atoms with Crippen LogP contribution in [0.2, 0.25) is 0 Å². The Balaban J connectivity index is 2.75. The van der Waals surface area contributed by atoms with Gasteiger partial charge in [-0.25, -0.2) is 8.78 Å². The average molecular weight is 268 g/mol. The van der Waals surface area contributed by atoms with E-state index >= 15 is 0 Å². The summed E-state index contributed by atoms with van der Waals surface area (Å²) >= 11 is 2.96. The fourth-order valence-electron chi connectivity index (χ4n) is 0.991. The van der Waals surface area contributed by atoms with Crippen LogP contribution in [0.5, 0.6) is 0 Å². The molecule has 1 aromatic carbocycles. The molecule has 78 valence electrons. The fourth-order valence-corrected chi connectivity index (χ4v) is 1.39. The van der Waals surface area contributed by atoms with Crippen LogP contribution in [0.4, 0.5) is 18.9 Å². The second kappa shape index (κ2) is 5.24. The maximum Gasteiger partial charge on any atom is 0.150 e. The van der Waals surface area contributed by atoms with E-state index in [1.807, 2.05) is 0 Å². The van der Waals surface area contributed by atoms with Gasteiger partial charge in [-0.05, 0) is 18.6 Å². The van der Waals surface area contributed by atoms with Crippen molar-refractivity contribution >= 4 is 21.6 Å². The predicted molar refractivity (Wildman–Crippen MR) is 53.1 cm³/mol. The molecule has 5 heteroatoms. The number of anilines is 1. The molecule has 0 heterocycles. The lowest BCUT2D eigenvalue weighted by atomic mass is 10.3. The Labute approximate surface area is 88.4 Å². The molecule has 1 aromatic rings. The van der Waals surface area contributed by atoms with Crippen molar-refractivity contribution in [3.8, 4) is 0 Å². The molecule has 1 N–H and O–H groups in total. The van der Waals surface area contributed by atoms with Crippen molar-refractivity contribution in [3.05, 3.63) is 28.2 Å². The van der Waals surface area contributed by atoms with Gasteiger partial charge in [0.2, 0.25) is 0 Å². The first kappa shape index (κ1) is 11.4. The molecule has 0 atom stereocenters. The fraction of sp³-hybridized carbons (Fsp3) is 0.333. The Morgan fingerprint density at radius 2 is 1.79 bits per heavy atom. The number of rotatable bonds is 4. The van der Waals surface area contributed by atoms with Crippen LogP contribution in [0.3, 0.4) is 0 Å². The van der Waals surface area contributed by atoms with E-state index in [-0.39, 0.29) is 18.7 Å². The second-order valence-electron chi connectivity index (χ2n) is 2.71. The average Bonchev–Trinajstić information content (AvgIpc) is 2.09. The highest BCUT2D eigenvalue weighted by molar-refractivity contribution is 9.10. The quantitative estimate of drug-likeness (QED) is 0.824. The minimum Gasteiger partial charge on any atom is -0.380 e. The number of halogens is 4. The molecule has 0 bridgehead atoms. The van der Waals surface area contributed by atoms with Crippen molar-refractivity contribution in [2.75, 3.05) is 18.5 Å². The number of hydrogen-bond acceptors (Lipinski definition) is 1. The molecule has 0 fully saturated rings. The van der Waals surface area contributed by atoms with Gasteiger partial charge in [-0.2, -0.15) is 0 Å². The number of hydrogen-bond donors (Lipinski definition) is 1. The molecule has 0 amide bonds. The van der Waals surface area contributed by atoms with E-state index in [1.165, 1.54) is 0 Å². The van der Waals surface area contributed by atoms with E-state index < -0.39 is 18.3 Å². The summed E-state index contributed by atoms with van der Waals surface area (Å²) in [5.41, 5.74) is -0.207. The van der Waals surface area contributed by atoms with Gasteiger partial charge in [0.1, 0.15) is 17.3 Å². The van der Waals surface area contributed by atoms with Crippen LogP contribution >= 0.6 is 15.9 Å². The van der Waals surface area contributed by atoms with Crippen LogP contribution in [-0.2, 0) is 0 Å². The van der Waals surface area contributed by atoms with E-state index in [2.05, 4.69) is 21.2 Å². The van der Waals surface area contributed by atoms with Gasteiger partial charge in [-0.15, -0.1) is 0 Å². The lowest BCUT2D eigenvalue weighted by Gasteiger charge is -2.07. The maximum atomic E-state index is 13.1. The molecule has 1 nitrogen and oxygen atoms in total. The first-order valence-corrected chi connectivity index (χ1v) is 4.89. The molecule has 0 radical (unpaired) electrons. The summed E-state index contributed by atoms with van der Waals surface area (Å²) in [6, 6.07) is 2.31. The van der Waals surface area contributed by atoms with Crippen molar-refractivity contribution in [2.24, 2.45) is 0 Å². The lowest BCUT2D eigenvalue weighted by Crippen LogP contribution is -2.06. The van der Waals surface area contributed by atoms with Crippen LogP contribution < -0.4 is 5.32 Å². The zero-order valence-electron chi connectivity index (χ0n) is 7.29. The van der Waals surface area contributed by atoms with Crippen LogP contribution in [0, 0.1) is 11.6 Å². The van der Waals surface area contributed by atoms with E-state index in [0.717, 1.165) is 12.1 Å². The zero-order chi connectivity index (χ0) is 10.6. The molecule has 0 aliphatic carbocycles. The third kappa shape index (κ3) is 2.90. The summed E-state index contributed by atoms with van der Waals surface area (Å²) < 4.78 is 38.3. The topological polar surface area (TPSA) is 12.0 Å². The molecule has 0 saturated carbocycles. The van der Waals surface area contributed by atoms with Gasteiger partial charge in [-0.1, -0.05) is 15.9 Å².